The number of aromatic nitrogens is 5. The van der Waals surface area contributed by atoms with Gasteiger partial charge in [-0.3, -0.25) is 33.7 Å². The van der Waals surface area contributed by atoms with Crippen molar-refractivity contribution in [2.24, 2.45) is 17.6 Å². The zero-order valence-corrected chi connectivity index (χ0v) is 61.1. The number of pyridine rings is 1. The van der Waals surface area contributed by atoms with E-state index in [1.165, 1.54) is 45.8 Å². The highest BCUT2D eigenvalue weighted by atomic mass is 35.5. The standard InChI is InChI=1S/C74H87ClN14O18/c1-45(2)66(81-71(99)105-33-31-102-28-26-87-41-53(82-83-87)38-78-70(98)104-32-30-103-29-27-88-62(93)23-24-63(88)94)59(92)35-50(11-9-25-77-69(76)97)67(95)79-52-18-13-47(14-19-52)43-106-72(100)84(6)44-74(4,5)85(7)73(101)107-60-36-57-65(64-46(3)10-8-12-55(60)64)51(37-75)40-89(57)68(96)56-42-86-39-48(15-22-61(86)80-56)34-58(91)49-16-20-54(90)21-17-49/h8,10,12-24,36,39,41-42,45,50-51,66,90H,9,11,25-35,37-38,40,43-44H2,1-7H3,(H,78,98)(H,79,95)(H,81,99)(H3,76,77,97)/t50-,51-,66+/m1/s1. The number of amides is 10. The Morgan fingerprint density at radius 3 is 2.18 bits per heavy atom. The van der Waals surface area contributed by atoms with Crippen LogP contribution < -0.4 is 36.6 Å². The van der Waals surface area contributed by atoms with Crippen LogP contribution in [-0.2, 0) is 69.0 Å². The fourth-order valence-corrected chi connectivity index (χ4v) is 12.3. The fourth-order valence-electron chi connectivity index (χ4n) is 12.1. The van der Waals surface area contributed by atoms with Gasteiger partial charge in [-0.1, -0.05) is 55.5 Å². The number of primary amides is 1. The van der Waals surface area contributed by atoms with E-state index >= 15 is 0 Å². The van der Waals surface area contributed by atoms with Crippen molar-refractivity contribution in [2.75, 3.05) is 96.0 Å². The Kier molecular flexibility index (Phi) is 27.5. The number of benzene rings is 4. The number of nitrogens with two attached hydrogens (primary N) is 1. The summed E-state index contributed by atoms with van der Waals surface area (Å²) in [5.74, 6) is -3.52. The number of fused-ring (bicyclic) bond motifs is 4. The molecule has 7 aromatic rings. The van der Waals surface area contributed by atoms with E-state index < -0.39 is 83.2 Å². The summed E-state index contributed by atoms with van der Waals surface area (Å²) < 4.78 is 36.4. The van der Waals surface area contributed by atoms with Gasteiger partial charge in [0, 0.05) is 112 Å². The number of imidazole rings is 1. The van der Waals surface area contributed by atoms with Gasteiger partial charge in [-0.25, -0.2) is 33.6 Å². The molecule has 0 bridgehead atoms. The number of nitrogens with zero attached hydrogens (tertiary/aromatic N) is 9. The van der Waals surface area contributed by atoms with Crippen LogP contribution in [0.4, 0.5) is 35.3 Å². The molecule has 0 spiro atoms. The maximum absolute atomic E-state index is 14.6. The maximum Gasteiger partial charge on any atom is 0.415 e. The number of nitrogens with one attached hydrogen (secondary N) is 4. The van der Waals surface area contributed by atoms with Gasteiger partial charge in [-0.15, -0.1) is 16.7 Å². The smallest absolute Gasteiger partial charge is 0.415 e. The summed E-state index contributed by atoms with van der Waals surface area (Å²) in [7, 11) is 3.08. The molecule has 2 aliphatic rings. The number of aryl methyl sites for hydroxylation is 1. The monoisotopic (exact) mass is 1490 g/mol. The number of alkyl carbamates (subject to hydrolysis) is 2. The summed E-state index contributed by atoms with van der Waals surface area (Å²) in [5.41, 5.74) is 9.55. The molecular formula is C74H87ClN14O18. The summed E-state index contributed by atoms with van der Waals surface area (Å²) >= 11 is 6.66. The van der Waals surface area contributed by atoms with Gasteiger partial charge < -0.3 is 79.6 Å². The average Bonchev–Trinajstić information content (AvgIpc) is 1.62. The fraction of sp³-hybridized carbons (Fsp3) is 0.405. The highest BCUT2D eigenvalue weighted by Crippen LogP contribution is 2.47. The first-order valence-electron chi connectivity index (χ1n) is 34.6. The molecule has 0 radical (unpaired) electrons. The van der Waals surface area contributed by atoms with Gasteiger partial charge in [-0.05, 0) is 110 Å². The predicted octanol–water partition coefficient (Wildman–Crippen LogP) is 7.58. The number of aromatic hydroxyl groups is 1. The van der Waals surface area contributed by atoms with E-state index in [2.05, 4.69) is 36.6 Å². The van der Waals surface area contributed by atoms with Crippen LogP contribution in [-0.4, -0.2) is 207 Å². The number of urea groups is 1. The summed E-state index contributed by atoms with van der Waals surface area (Å²) in [4.78, 5) is 153. The lowest BCUT2D eigenvalue weighted by atomic mass is 9.89. The minimum absolute atomic E-state index is 0.00105. The largest absolute Gasteiger partial charge is 0.508 e. The minimum Gasteiger partial charge on any atom is -0.508 e. The molecule has 0 fully saturated rings. The predicted molar refractivity (Wildman–Crippen MR) is 390 cm³/mol. The molecule has 7 N–H and O–H groups in total. The maximum atomic E-state index is 14.6. The number of alkyl halides is 1. The van der Waals surface area contributed by atoms with Gasteiger partial charge in [0.1, 0.15) is 48.4 Å². The molecule has 107 heavy (non-hydrogen) atoms. The van der Waals surface area contributed by atoms with Crippen molar-refractivity contribution in [1.82, 2.24) is 55.0 Å². The summed E-state index contributed by atoms with van der Waals surface area (Å²) in [6.07, 6.45) is 4.49. The van der Waals surface area contributed by atoms with E-state index in [1.807, 2.05) is 25.1 Å². The third kappa shape index (κ3) is 21.6. The van der Waals surface area contributed by atoms with Crippen molar-refractivity contribution in [3.8, 4) is 11.5 Å². The number of phenols is 1. The Hall–Kier alpha value is -11.5. The van der Waals surface area contributed by atoms with E-state index in [-0.39, 0.29) is 146 Å². The lowest BCUT2D eigenvalue weighted by Crippen LogP contribution is -2.53. The quantitative estimate of drug-likeness (QED) is 0.00724. The molecule has 0 saturated carbocycles. The molecule has 32 nitrogen and oxygen atoms in total. The number of phenolic OH excluding ortho intramolecular Hbond substituents is 1. The number of rotatable bonds is 36. The summed E-state index contributed by atoms with van der Waals surface area (Å²) in [6.45, 7) is 9.54. The number of likely N-dealkylation sites (N-methyl/N-ethyl adjacent to an activating group) is 2. The number of carbonyl (C=O) groups excluding carboxylic acids is 11. The number of carbonyl (C=O) groups is 11. The summed E-state index contributed by atoms with van der Waals surface area (Å²) in [6, 6.07) is 21.5. The van der Waals surface area contributed by atoms with Crippen LogP contribution in [0, 0.1) is 18.8 Å². The topological polar surface area (TPSA) is 398 Å². The first-order chi connectivity index (χ1) is 51.2. The first-order valence-corrected chi connectivity index (χ1v) is 35.2. The van der Waals surface area contributed by atoms with Crippen LogP contribution in [0.25, 0.3) is 16.4 Å². The Bertz CT molecular complexity index is 4430. The highest BCUT2D eigenvalue weighted by molar-refractivity contribution is 6.19. The number of imide groups is 1. The molecule has 568 valence electrons. The van der Waals surface area contributed by atoms with E-state index in [9.17, 15) is 57.8 Å². The van der Waals surface area contributed by atoms with Crippen molar-refractivity contribution in [2.45, 2.75) is 97.5 Å². The molecule has 3 atom stereocenters. The van der Waals surface area contributed by atoms with Crippen LogP contribution in [0.3, 0.4) is 0 Å². The van der Waals surface area contributed by atoms with Crippen LogP contribution >= 0.6 is 11.6 Å². The van der Waals surface area contributed by atoms with E-state index in [0.717, 1.165) is 21.4 Å². The van der Waals surface area contributed by atoms with Crippen molar-refractivity contribution < 1.29 is 86.3 Å². The SMILES string of the molecule is Cc1cccc2c(OC(=O)N(C)C(C)(C)CN(C)C(=O)OCc3ccc(NC(=O)[C@H](CCCNC(N)=O)CC(=O)[C@@H](NC(=O)OCCOCCn4cc(CNC(=O)OCCOCCN5C(=O)C=CC5=O)nn4)C(C)C)cc3)cc3c(c12)[C@H](CCl)CN3C(=O)c1cn2cc(CC(=O)c3ccc(O)cc3)ccc2n1. The Morgan fingerprint density at radius 1 is 0.794 bits per heavy atom. The second-order valence-electron chi connectivity index (χ2n) is 26.6. The number of ketones is 2. The molecule has 0 unspecified atom stereocenters. The molecular weight excluding hydrogens is 1410 g/mol. The zero-order valence-electron chi connectivity index (χ0n) is 60.4. The molecule has 5 heterocycles. The van der Waals surface area contributed by atoms with Crippen molar-refractivity contribution in [3.63, 3.8) is 0 Å². The third-order valence-corrected chi connectivity index (χ3v) is 18.3. The normalized spacial score (nSPS) is 13.8. The van der Waals surface area contributed by atoms with E-state index in [4.69, 9.17) is 45.8 Å². The van der Waals surface area contributed by atoms with E-state index in [0.29, 0.717) is 44.8 Å². The number of anilines is 2. The van der Waals surface area contributed by atoms with Gasteiger partial charge in [-0.2, -0.15) is 0 Å². The van der Waals surface area contributed by atoms with Crippen molar-refractivity contribution in [3.05, 3.63) is 155 Å². The van der Waals surface area contributed by atoms with Crippen LogP contribution in [0.15, 0.2) is 116 Å². The average molecular weight is 1500 g/mol. The Balaban J connectivity index is 0.715. The van der Waals surface area contributed by atoms with Crippen LogP contribution in [0.2, 0.25) is 0 Å². The molecule has 2 aliphatic heterocycles. The van der Waals surface area contributed by atoms with Crippen molar-refractivity contribution >= 4 is 105 Å². The Labute approximate surface area is 621 Å². The summed E-state index contributed by atoms with van der Waals surface area (Å²) in [5, 5.41) is 29.6. The van der Waals surface area contributed by atoms with Gasteiger partial charge in [0.05, 0.1) is 69.5 Å². The van der Waals surface area contributed by atoms with Crippen LogP contribution in [0.5, 0.6) is 11.5 Å². The number of ether oxygens (including phenoxy) is 6. The molecule has 4 aromatic carbocycles. The second kappa shape index (κ2) is 37.0. The third-order valence-electron chi connectivity index (χ3n) is 17.9. The lowest BCUT2D eigenvalue weighted by molar-refractivity contribution is -0.137. The number of hydrogen-bond acceptors (Lipinski definition) is 21. The number of Topliss-reactive ketones (excluding diaryl/α,β-unsaturated/α-hetero) is 2. The number of halogens is 1. The zero-order chi connectivity index (χ0) is 77.1. The second-order valence-corrected chi connectivity index (χ2v) is 26.9. The molecule has 0 saturated heterocycles. The highest BCUT2D eigenvalue weighted by Gasteiger charge is 2.39. The molecule has 10 amide bonds. The minimum atomic E-state index is -1.04. The van der Waals surface area contributed by atoms with Crippen LogP contribution in [0.1, 0.15) is 102 Å². The van der Waals surface area contributed by atoms with Crippen molar-refractivity contribution in [1.29, 1.82) is 0 Å². The number of hydrogen-bond donors (Lipinski definition) is 6. The van der Waals surface area contributed by atoms with Gasteiger partial charge in [0.15, 0.2) is 11.6 Å². The van der Waals surface area contributed by atoms with Gasteiger partial charge in [0.25, 0.3) is 17.7 Å². The molecule has 9 rings (SSSR count). The Morgan fingerprint density at radius 2 is 1.49 bits per heavy atom. The van der Waals surface area contributed by atoms with Gasteiger partial charge >= 0.3 is 30.4 Å². The van der Waals surface area contributed by atoms with Gasteiger partial charge in [0.2, 0.25) is 5.91 Å². The molecule has 33 heteroatoms. The molecule has 3 aromatic heterocycles. The lowest BCUT2D eigenvalue weighted by Gasteiger charge is -2.37. The molecule has 0 aliphatic carbocycles. The first kappa shape index (κ1) is 79.6. The van der Waals surface area contributed by atoms with E-state index in [1.54, 1.807) is 117 Å².